The Hall–Kier alpha value is -3.91. The van der Waals surface area contributed by atoms with Crippen LogP contribution in [0.1, 0.15) is 32.7 Å². The molecule has 0 amide bonds. The zero-order valence-corrected chi connectivity index (χ0v) is 22.0. The van der Waals surface area contributed by atoms with Crippen LogP contribution in [0.2, 0.25) is 0 Å². The molecule has 1 fully saturated rings. The lowest BCUT2D eigenvalue weighted by atomic mass is 9.99. The minimum atomic E-state index is -0.242. The third-order valence-corrected chi connectivity index (χ3v) is 6.82. The molecule has 0 aliphatic carbocycles. The van der Waals surface area contributed by atoms with Gasteiger partial charge in [0.25, 0.3) is 0 Å². The Bertz CT molecular complexity index is 1360. The van der Waals surface area contributed by atoms with Gasteiger partial charge in [-0.05, 0) is 38.8 Å². The predicted octanol–water partition coefficient (Wildman–Crippen LogP) is 4.23. The molecule has 2 heterocycles. The summed E-state index contributed by atoms with van der Waals surface area (Å²) in [7, 11) is 1.90. The zero-order chi connectivity index (χ0) is 26.5. The molecule has 0 bridgehead atoms. The highest BCUT2D eigenvalue weighted by Gasteiger charge is 2.26. The van der Waals surface area contributed by atoms with Gasteiger partial charge in [0.15, 0.2) is 0 Å². The Balaban J connectivity index is 1.79. The van der Waals surface area contributed by atoms with Crippen LogP contribution in [0, 0.1) is 23.2 Å². The van der Waals surface area contributed by atoms with E-state index in [4.69, 9.17) is 5.41 Å². The summed E-state index contributed by atoms with van der Waals surface area (Å²) in [4.78, 5) is 2.33. The zero-order valence-electron chi connectivity index (χ0n) is 22.0. The average Bonchev–Trinajstić information content (AvgIpc) is 3.09. The fourth-order valence-corrected chi connectivity index (χ4v) is 4.32. The summed E-state index contributed by atoms with van der Waals surface area (Å²) in [6.07, 6.45) is 8.61. The second-order valence-corrected chi connectivity index (χ2v) is 9.84. The van der Waals surface area contributed by atoms with E-state index in [0.717, 1.165) is 58.8 Å². The van der Waals surface area contributed by atoms with E-state index >= 15 is 0 Å². The molecule has 36 heavy (non-hydrogen) atoms. The number of nitrogens with one attached hydrogen (secondary N) is 3. The highest BCUT2D eigenvalue weighted by atomic mass is 15.2. The van der Waals surface area contributed by atoms with Crippen molar-refractivity contribution in [1.29, 1.82) is 5.41 Å². The molecule has 1 aromatic carbocycles. The molecule has 1 unspecified atom stereocenters. The van der Waals surface area contributed by atoms with Crippen LogP contribution in [0.3, 0.4) is 0 Å². The third kappa shape index (κ3) is 5.66. The first-order valence-corrected chi connectivity index (χ1v) is 12.3. The molecule has 1 atom stereocenters. The molecule has 3 rings (SSSR count). The van der Waals surface area contributed by atoms with Gasteiger partial charge in [0.2, 0.25) is 0 Å². The van der Waals surface area contributed by atoms with Crippen LogP contribution < -0.4 is 26.2 Å². The third-order valence-electron chi connectivity index (χ3n) is 6.82. The lowest BCUT2D eigenvalue weighted by Gasteiger charge is -2.38. The molecule has 2 aromatic rings. The molecule has 0 radical (unpaired) electrons. The van der Waals surface area contributed by atoms with E-state index in [0.29, 0.717) is 5.57 Å². The van der Waals surface area contributed by atoms with Crippen molar-refractivity contribution in [2.75, 3.05) is 25.0 Å². The number of hydrogen-bond acceptors (Lipinski definition) is 4. The lowest BCUT2D eigenvalue weighted by molar-refractivity contribution is 0.499. The van der Waals surface area contributed by atoms with Gasteiger partial charge in [-0.15, -0.1) is 13.2 Å². The molecule has 0 spiro atoms. The van der Waals surface area contributed by atoms with Gasteiger partial charge in [-0.1, -0.05) is 49.8 Å². The monoisotopic (exact) mass is 481 g/mol. The van der Waals surface area contributed by atoms with Crippen molar-refractivity contribution in [1.82, 2.24) is 15.2 Å². The Morgan fingerprint density at radius 1 is 1.22 bits per heavy atom. The van der Waals surface area contributed by atoms with Crippen molar-refractivity contribution < 1.29 is 0 Å². The van der Waals surface area contributed by atoms with E-state index in [1.54, 1.807) is 6.20 Å². The summed E-state index contributed by atoms with van der Waals surface area (Å²) in [5, 5.41) is 18.2. The van der Waals surface area contributed by atoms with Crippen molar-refractivity contribution in [2.45, 2.75) is 38.3 Å². The van der Waals surface area contributed by atoms with Gasteiger partial charge in [-0.2, -0.15) is 0 Å². The molecule has 5 heteroatoms. The number of rotatable bonds is 11. The van der Waals surface area contributed by atoms with Gasteiger partial charge < -0.3 is 25.5 Å². The smallest absolute Gasteiger partial charge is 0.0734 e. The lowest BCUT2D eigenvalue weighted by Crippen LogP contribution is -2.46. The topological polar surface area (TPSA) is 56.1 Å². The highest BCUT2D eigenvalue weighted by molar-refractivity contribution is 5.87. The van der Waals surface area contributed by atoms with E-state index in [-0.39, 0.29) is 17.5 Å². The molecule has 0 saturated carbocycles. The first kappa shape index (κ1) is 26.7. The van der Waals surface area contributed by atoms with Gasteiger partial charge in [-0.25, -0.2) is 0 Å². The number of hydrogen-bond donors (Lipinski definition) is 3. The maximum Gasteiger partial charge on any atom is 0.0734 e. The first-order chi connectivity index (χ1) is 17.1. The quantitative estimate of drug-likeness (QED) is 0.256. The summed E-state index contributed by atoms with van der Waals surface area (Å²) in [5.74, 6) is 6.72. The largest absolute Gasteiger partial charge is 0.390 e. The summed E-state index contributed by atoms with van der Waals surface area (Å²) in [6, 6.07) is 6.58. The van der Waals surface area contributed by atoms with E-state index in [1.165, 1.54) is 6.21 Å². The Labute approximate surface area is 215 Å². The molecule has 1 saturated heterocycles. The molecule has 1 aromatic heterocycles. The van der Waals surface area contributed by atoms with Crippen LogP contribution >= 0.6 is 0 Å². The summed E-state index contributed by atoms with van der Waals surface area (Å²) < 4.78 is 2.20. The number of benzene rings is 1. The van der Waals surface area contributed by atoms with Gasteiger partial charge in [0.05, 0.1) is 17.5 Å². The van der Waals surface area contributed by atoms with Crippen LogP contribution in [0.5, 0.6) is 0 Å². The molecular formula is C31H39N5. The van der Waals surface area contributed by atoms with Crippen molar-refractivity contribution in [3.8, 4) is 11.8 Å². The standard InChI is InChI=1S/C31H39N5/c1-9-11-12-30(22(3)33-8)36-23(4)28-16-15-27(17-29(28)24(36)5)35-20-26(21-35)14-13-25(18-32)19-34-31(6,7)10-2/h9-10,15-19,26,30,32-34H,1-5,11-12,20-21H2,6-8H3/b25-19-,32-18?. The number of anilines is 1. The SMILES string of the molecule is C=CCCC(C(=C)NC)n1c(=C)c2ccc(N3CC(C#C/C(C=N)=C/NC(C)(C)C=C)C3)cc2c1=C. The number of nitrogens with zero attached hydrogens (tertiary/aromatic N) is 2. The van der Waals surface area contributed by atoms with Crippen molar-refractivity contribution >= 4 is 35.8 Å². The van der Waals surface area contributed by atoms with Crippen molar-refractivity contribution in [3.05, 3.63) is 78.3 Å². The van der Waals surface area contributed by atoms with Crippen molar-refractivity contribution in [2.24, 2.45) is 5.92 Å². The number of fused-ring (bicyclic) bond motifs is 1. The molecule has 1 aliphatic rings. The molecule has 188 valence electrons. The Morgan fingerprint density at radius 3 is 2.53 bits per heavy atom. The second-order valence-electron chi connectivity index (χ2n) is 9.84. The Kier molecular flexibility index (Phi) is 8.32. The molecule has 1 aliphatic heterocycles. The van der Waals surface area contributed by atoms with E-state index in [2.05, 4.69) is 83.0 Å². The highest BCUT2D eigenvalue weighted by Crippen LogP contribution is 2.27. The van der Waals surface area contributed by atoms with Crippen LogP contribution in [-0.2, 0) is 0 Å². The molecule has 3 N–H and O–H groups in total. The van der Waals surface area contributed by atoms with E-state index in [1.807, 2.05) is 33.0 Å². The predicted molar refractivity (Wildman–Crippen MR) is 157 cm³/mol. The van der Waals surface area contributed by atoms with Crippen LogP contribution in [0.15, 0.2) is 67.6 Å². The minimum Gasteiger partial charge on any atom is -0.390 e. The second kappa shape index (κ2) is 11.2. The molecular weight excluding hydrogens is 442 g/mol. The van der Waals surface area contributed by atoms with E-state index < -0.39 is 0 Å². The first-order valence-electron chi connectivity index (χ1n) is 12.3. The fraction of sp³-hybridized carbons (Fsp3) is 0.323. The summed E-state index contributed by atoms with van der Waals surface area (Å²) in [6.45, 7) is 26.5. The van der Waals surface area contributed by atoms with Gasteiger partial charge in [0, 0.05) is 70.9 Å². The van der Waals surface area contributed by atoms with Crippen LogP contribution in [-0.4, -0.2) is 36.5 Å². The van der Waals surface area contributed by atoms with E-state index in [9.17, 15) is 0 Å². The number of likely N-dealkylation sites (N-methyl/N-ethyl adjacent to an activating group) is 1. The Morgan fingerprint density at radius 2 is 1.92 bits per heavy atom. The maximum absolute atomic E-state index is 7.64. The van der Waals surface area contributed by atoms with Crippen LogP contribution in [0.25, 0.3) is 23.9 Å². The van der Waals surface area contributed by atoms with Gasteiger partial charge in [0.1, 0.15) is 0 Å². The maximum atomic E-state index is 7.64. The van der Waals surface area contributed by atoms with Crippen LogP contribution in [0.4, 0.5) is 5.69 Å². The van der Waals surface area contributed by atoms with Gasteiger partial charge in [-0.3, -0.25) is 0 Å². The normalized spacial score (nSPS) is 14.9. The summed E-state index contributed by atoms with van der Waals surface area (Å²) >= 11 is 0. The van der Waals surface area contributed by atoms with Crippen molar-refractivity contribution in [3.63, 3.8) is 0 Å². The number of aromatic nitrogens is 1. The number of allylic oxidation sites excluding steroid dienone is 3. The molecule has 5 nitrogen and oxygen atoms in total. The minimum absolute atomic E-state index is 0.0650. The van der Waals surface area contributed by atoms with Gasteiger partial charge >= 0.3 is 0 Å². The fourth-order valence-electron chi connectivity index (χ4n) is 4.32. The summed E-state index contributed by atoms with van der Waals surface area (Å²) in [5.41, 5.74) is 2.52. The average molecular weight is 482 g/mol.